The number of benzene rings is 1. The van der Waals surface area contributed by atoms with Gasteiger partial charge in [0.05, 0.1) is 18.8 Å². The van der Waals surface area contributed by atoms with Gasteiger partial charge in [0.1, 0.15) is 0 Å². The van der Waals surface area contributed by atoms with Crippen LogP contribution >= 0.6 is 7.60 Å². The summed E-state index contributed by atoms with van der Waals surface area (Å²) < 4.78 is 71.3. The number of carbonyl (C=O) groups is 2. The van der Waals surface area contributed by atoms with Crippen LogP contribution in [0, 0.1) is 0 Å². The van der Waals surface area contributed by atoms with E-state index in [1.165, 1.54) is 58.9 Å². The first-order valence-corrected chi connectivity index (χ1v) is 10.4. The molecule has 0 spiro atoms. The van der Waals surface area contributed by atoms with Crippen molar-refractivity contribution in [2.24, 2.45) is 0 Å². The van der Waals surface area contributed by atoms with Crippen molar-refractivity contribution in [3.63, 3.8) is 0 Å². The van der Waals surface area contributed by atoms with Crippen LogP contribution in [0.25, 0.3) is 0 Å². The van der Waals surface area contributed by atoms with Gasteiger partial charge in [-0.1, -0.05) is 18.2 Å². The van der Waals surface area contributed by atoms with Crippen LogP contribution in [-0.4, -0.2) is 42.1 Å². The average molecular weight is 439 g/mol. The molecule has 1 aromatic rings. The Balaban J connectivity index is 3.74. The zero-order valence-electron chi connectivity index (χ0n) is 16.8. The summed E-state index contributed by atoms with van der Waals surface area (Å²) in [7, 11) is -5.39. The van der Waals surface area contributed by atoms with Crippen molar-refractivity contribution in [3.05, 3.63) is 35.9 Å². The normalized spacial score (nSPS) is 14.6. The van der Waals surface area contributed by atoms with Gasteiger partial charge >= 0.3 is 25.0 Å². The number of alkyl halides is 3. The first-order valence-electron chi connectivity index (χ1n) is 8.89. The van der Waals surface area contributed by atoms with Crippen molar-refractivity contribution < 1.29 is 41.1 Å². The average Bonchev–Trinajstić information content (AvgIpc) is 2.57. The smallest absolute Gasteiger partial charge is 0.434 e. The Hall–Kier alpha value is -1.90. The first-order chi connectivity index (χ1) is 13.3. The van der Waals surface area contributed by atoms with Crippen molar-refractivity contribution in [2.45, 2.75) is 58.3 Å². The van der Waals surface area contributed by atoms with E-state index in [2.05, 4.69) is 4.74 Å². The van der Waals surface area contributed by atoms with Crippen LogP contribution in [-0.2, 0) is 23.1 Å². The maximum absolute atomic E-state index is 14.4. The summed E-state index contributed by atoms with van der Waals surface area (Å²) in [6.45, 7) is 6.10. The highest BCUT2D eigenvalue weighted by atomic mass is 31.2. The molecule has 7 nitrogen and oxygen atoms in total. The Morgan fingerprint density at radius 3 is 1.90 bits per heavy atom. The Morgan fingerprint density at radius 2 is 1.52 bits per heavy atom. The van der Waals surface area contributed by atoms with Crippen molar-refractivity contribution in [2.75, 3.05) is 6.61 Å². The molecule has 0 bridgehead atoms. The Morgan fingerprint density at radius 1 is 1.03 bits per heavy atom. The van der Waals surface area contributed by atoms with Gasteiger partial charge in [0.15, 0.2) is 0 Å². The fourth-order valence-electron chi connectivity index (χ4n) is 2.37. The molecule has 0 aliphatic heterocycles. The molecule has 0 aliphatic rings. The third kappa shape index (κ3) is 5.58. The van der Waals surface area contributed by atoms with Crippen LogP contribution in [0.4, 0.5) is 13.2 Å². The zero-order valence-corrected chi connectivity index (χ0v) is 17.7. The second-order valence-corrected chi connectivity index (χ2v) is 8.64. The molecule has 29 heavy (non-hydrogen) atoms. The van der Waals surface area contributed by atoms with E-state index in [0.717, 1.165) is 0 Å². The lowest BCUT2D eigenvalue weighted by Crippen LogP contribution is -2.64. The first kappa shape index (κ1) is 25.1. The molecule has 0 fully saturated rings. The van der Waals surface area contributed by atoms with E-state index in [9.17, 15) is 27.3 Å². The topological polar surface area (TPSA) is 90.9 Å². The number of hydrogen-bond donors (Lipinski definition) is 1. The molecule has 0 aromatic heterocycles. The molecule has 11 heteroatoms. The van der Waals surface area contributed by atoms with E-state index in [0.29, 0.717) is 0 Å². The highest BCUT2D eigenvalue weighted by Crippen LogP contribution is 2.66. The van der Waals surface area contributed by atoms with Gasteiger partial charge in [0.25, 0.3) is 5.91 Å². The number of rotatable bonds is 9. The summed E-state index contributed by atoms with van der Waals surface area (Å²) in [6, 6.07) is 6.86. The summed E-state index contributed by atoms with van der Waals surface area (Å²) in [5, 5.41) is -2.49. The monoisotopic (exact) mass is 439 g/mol. The van der Waals surface area contributed by atoms with E-state index in [1.807, 2.05) is 0 Å². The maximum Gasteiger partial charge on any atom is 0.434 e. The Labute approximate surface area is 167 Å². The SMILES string of the molecule is CCOC(=O)C(NC(=O)c1ccccc1)(C(F)(F)F)P(=O)(OC(C)C)OC(C)C. The summed E-state index contributed by atoms with van der Waals surface area (Å²) in [5.74, 6) is -3.28. The number of halogens is 3. The van der Waals surface area contributed by atoms with Gasteiger partial charge in [-0.25, -0.2) is 4.79 Å². The van der Waals surface area contributed by atoms with Crippen molar-refractivity contribution >= 4 is 19.5 Å². The third-order valence-corrected chi connectivity index (χ3v) is 6.19. The quantitative estimate of drug-likeness (QED) is 0.456. The molecule has 1 rings (SSSR count). The molecule has 1 aromatic carbocycles. The van der Waals surface area contributed by atoms with E-state index in [1.54, 1.807) is 11.4 Å². The fourth-order valence-corrected chi connectivity index (χ4v) is 4.69. The lowest BCUT2D eigenvalue weighted by atomic mass is 10.2. The van der Waals surface area contributed by atoms with Gasteiger partial charge in [-0.2, -0.15) is 13.2 Å². The van der Waals surface area contributed by atoms with E-state index >= 15 is 0 Å². The molecule has 1 atom stereocenters. The summed E-state index contributed by atoms with van der Waals surface area (Å²) >= 11 is 0. The molecule has 1 N–H and O–H groups in total. The van der Waals surface area contributed by atoms with Gasteiger partial charge in [-0.15, -0.1) is 0 Å². The summed E-state index contributed by atoms with van der Waals surface area (Å²) in [6.07, 6.45) is -7.61. The molecule has 164 valence electrons. The largest absolute Gasteiger partial charge is 0.463 e. The van der Waals surface area contributed by atoms with Gasteiger partial charge in [-0.05, 0) is 46.8 Å². The molecule has 1 amide bonds. The van der Waals surface area contributed by atoms with Crippen molar-refractivity contribution in [1.29, 1.82) is 0 Å². The molecule has 0 saturated carbocycles. The Kier molecular flexibility index (Phi) is 8.44. The third-order valence-electron chi connectivity index (χ3n) is 3.42. The molecular formula is C18H25F3NO6P. The van der Waals surface area contributed by atoms with E-state index in [4.69, 9.17) is 9.05 Å². The van der Waals surface area contributed by atoms with Gasteiger partial charge in [0.2, 0.25) is 0 Å². The zero-order chi connectivity index (χ0) is 22.5. The highest BCUT2D eigenvalue weighted by molar-refractivity contribution is 7.57. The van der Waals surface area contributed by atoms with Crippen LogP contribution in [0.1, 0.15) is 45.0 Å². The minimum Gasteiger partial charge on any atom is -0.463 e. The highest BCUT2D eigenvalue weighted by Gasteiger charge is 2.76. The van der Waals surface area contributed by atoms with Crippen molar-refractivity contribution in [1.82, 2.24) is 5.32 Å². The second-order valence-electron chi connectivity index (χ2n) is 6.55. The second kappa shape index (κ2) is 9.73. The molecule has 1 unspecified atom stereocenters. The standard InChI is InChI=1S/C18H25F3NO6P/c1-6-26-16(24)17(18(19,20)21,22-15(23)14-10-8-7-9-11-14)29(25,27-12(2)3)28-13(4)5/h7-13H,6H2,1-5H3,(H,22,23). The van der Waals surface area contributed by atoms with Crippen LogP contribution in [0.2, 0.25) is 0 Å². The number of esters is 1. The summed E-state index contributed by atoms with van der Waals surface area (Å²) in [5.41, 5.74) is -0.189. The molecule has 0 aliphatic carbocycles. The molecule has 0 saturated heterocycles. The molecular weight excluding hydrogens is 414 g/mol. The number of amides is 1. The van der Waals surface area contributed by atoms with Crippen LogP contribution < -0.4 is 5.32 Å². The minimum atomic E-state index is -5.57. The van der Waals surface area contributed by atoms with Gasteiger partial charge in [-0.3, -0.25) is 9.36 Å². The molecule has 0 heterocycles. The van der Waals surface area contributed by atoms with Gasteiger partial charge in [0, 0.05) is 5.56 Å². The molecule has 0 radical (unpaired) electrons. The van der Waals surface area contributed by atoms with E-state index < -0.39 is 49.7 Å². The number of hydrogen-bond acceptors (Lipinski definition) is 6. The summed E-state index contributed by atoms with van der Waals surface area (Å²) in [4.78, 5) is 25.2. The Bertz CT molecular complexity index is 740. The van der Waals surface area contributed by atoms with Crippen LogP contribution in [0.15, 0.2) is 30.3 Å². The predicted octanol–water partition coefficient (Wildman–Crippen LogP) is 4.28. The number of nitrogens with one attached hydrogen (secondary N) is 1. The van der Waals surface area contributed by atoms with E-state index in [-0.39, 0.29) is 5.56 Å². The van der Waals surface area contributed by atoms with Gasteiger partial charge < -0.3 is 19.1 Å². The number of carbonyl (C=O) groups excluding carboxylic acids is 2. The van der Waals surface area contributed by atoms with Crippen LogP contribution in [0.3, 0.4) is 0 Å². The van der Waals surface area contributed by atoms with Crippen LogP contribution in [0.5, 0.6) is 0 Å². The number of ether oxygens (including phenoxy) is 1. The minimum absolute atomic E-state index is 0.189. The maximum atomic E-state index is 14.4. The predicted molar refractivity (Wildman–Crippen MR) is 99.4 cm³/mol. The van der Waals surface area contributed by atoms with Crippen molar-refractivity contribution in [3.8, 4) is 0 Å². The lowest BCUT2D eigenvalue weighted by molar-refractivity contribution is -0.196. The fraction of sp³-hybridized carbons (Fsp3) is 0.556. The lowest BCUT2D eigenvalue weighted by Gasteiger charge is -2.39.